The van der Waals surface area contributed by atoms with Gasteiger partial charge in [-0.15, -0.1) is 0 Å². The number of aromatic nitrogens is 3. The molecular weight excluding hydrogens is 454 g/mol. The van der Waals surface area contributed by atoms with Crippen molar-refractivity contribution in [3.63, 3.8) is 0 Å². The molecular formula is C23H21F4N5O2. The fourth-order valence-corrected chi connectivity index (χ4v) is 3.87. The molecule has 1 saturated heterocycles. The van der Waals surface area contributed by atoms with Gasteiger partial charge in [0.15, 0.2) is 5.69 Å². The number of amides is 2. The normalized spacial score (nSPS) is 14.8. The topological polar surface area (TPSA) is 80.1 Å². The SMILES string of the molecule is Cc1ccc(NC(=O)C2CCN(C(=O)c3cnn(-c4ccccc4F)c3C(F)(F)F)CC2)nc1. The molecule has 0 radical (unpaired) electrons. The Morgan fingerprint density at radius 1 is 1.06 bits per heavy atom. The molecule has 1 aliphatic rings. The smallest absolute Gasteiger partial charge is 0.338 e. The van der Waals surface area contributed by atoms with Gasteiger partial charge in [0.2, 0.25) is 5.91 Å². The summed E-state index contributed by atoms with van der Waals surface area (Å²) in [7, 11) is 0. The van der Waals surface area contributed by atoms with Crippen LogP contribution in [0, 0.1) is 18.7 Å². The highest BCUT2D eigenvalue weighted by Crippen LogP contribution is 2.35. The highest BCUT2D eigenvalue weighted by atomic mass is 19.4. The molecule has 34 heavy (non-hydrogen) atoms. The molecule has 0 atom stereocenters. The zero-order valence-corrected chi connectivity index (χ0v) is 18.1. The first-order chi connectivity index (χ1) is 16.1. The molecule has 1 aliphatic heterocycles. The number of benzene rings is 1. The number of hydrogen-bond donors (Lipinski definition) is 1. The summed E-state index contributed by atoms with van der Waals surface area (Å²) in [6, 6.07) is 8.38. The molecule has 1 aromatic carbocycles. The number of halogens is 4. The Labute approximate surface area is 192 Å². The van der Waals surface area contributed by atoms with Crippen molar-refractivity contribution in [3.05, 3.63) is 71.4 Å². The Hall–Kier alpha value is -3.76. The van der Waals surface area contributed by atoms with E-state index in [-0.39, 0.29) is 31.8 Å². The number of carbonyl (C=O) groups is 2. The van der Waals surface area contributed by atoms with Gasteiger partial charge in [0.1, 0.15) is 17.3 Å². The van der Waals surface area contributed by atoms with Crippen LogP contribution in [-0.2, 0) is 11.0 Å². The van der Waals surface area contributed by atoms with Gasteiger partial charge in [-0.05, 0) is 43.5 Å². The Balaban J connectivity index is 1.48. The number of nitrogens with zero attached hydrogens (tertiary/aromatic N) is 4. The number of piperidine rings is 1. The maximum Gasteiger partial charge on any atom is 0.434 e. The number of para-hydroxylation sites is 1. The molecule has 0 spiro atoms. The summed E-state index contributed by atoms with van der Waals surface area (Å²) < 4.78 is 56.2. The molecule has 1 fully saturated rings. The number of pyridine rings is 1. The monoisotopic (exact) mass is 475 g/mol. The van der Waals surface area contributed by atoms with Crippen LogP contribution >= 0.6 is 0 Å². The maximum atomic E-state index is 14.1. The molecule has 1 N–H and O–H groups in total. The van der Waals surface area contributed by atoms with E-state index in [1.807, 2.05) is 13.0 Å². The molecule has 3 aromatic rings. The van der Waals surface area contributed by atoms with Crippen LogP contribution in [0.2, 0.25) is 0 Å². The standard InChI is InChI=1S/C23H21F4N5O2/c1-14-6-7-19(28-12-14)30-21(33)15-8-10-31(11-9-15)22(34)16-13-29-32(20(16)23(25,26)27)18-5-3-2-4-17(18)24/h2-7,12-13,15H,8-11H2,1H3,(H,28,30,33). The Kier molecular flexibility index (Phi) is 6.36. The third-order valence-corrected chi connectivity index (χ3v) is 5.66. The summed E-state index contributed by atoms with van der Waals surface area (Å²) >= 11 is 0. The van der Waals surface area contributed by atoms with E-state index in [2.05, 4.69) is 15.4 Å². The van der Waals surface area contributed by atoms with E-state index < -0.39 is 40.8 Å². The van der Waals surface area contributed by atoms with Crippen molar-refractivity contribution in [2.45, 2.75) is 25.9 Å². The number of rotatable bonds is 4. The minimum atomic E-state index is -4.94. The molecule has 0 unspecified atom stereocenters. The lowest BCUT2D eigenvalue weighted by Crippen LogP contribution is -2.42. The Bertz CT molecular complexity index is 1200. The molecule has 3 heterocycles. The fraction of sp³-hybridized carbons (Fsp3) is 0.304. The molecule has 2 amide bonds. The second-order valence-electron chi connectivity index (χ2n) is 8.04. The number of likely N-dealkylation sites (tertiary alicyclic amines) is 1. The summed E-state index contributed by atoms with van der Waals surface area (Å²) in [5, 5.41) is 6.38. The second-order valence-corrected chi connectivity index (χ2v) is 8.04. The zero-order valence-electron chi connectivity index (χ0n) is 18.1. The van der Waals surface area contributed by atoms with E-state index >= 15 is 0 Å². The molecule has 0 bridgehead atoms. The summed E-state index contributed by atoms with van der Waals surface area (Å²) in [6.07, 6.45) is -1.95. The number of nitrogens with one attached hydrogen (secondary N) is 1. The van der Waals surface area contributed by atoms with Gasteiger partial charge in [0, 0.05) is 25.2 Å². The van der Waals surface area contributed by atoms with E-state index in [0.717, 1.165) is 23.9 Å². The van der Waals surface area contributed by atoms with Crippen LogP contribution in [0.15, 0.2) is 48.8 Å². The molecule has 0 aliphatic carbocycles. The van der Waals surface area contributed by atoms with Crippen molar-refractivity contribution in [1.82, 2.24) is 19.7 Å². The first kappa shape index (κ1) is 23.4. The lowest BCUT2D eigenvalue weighted by molar-refractivity contribution is -0.143. The summed E-state index contributed by atoms with van der Waals surface area (Å²) in [6.45, 7) is 2.07. The molecule has 11 heteroatoms. The van der Waals surface area contributed by atoms with E-state index in [4.69, 9.17) is 0 Å². The average Bonchev–Trinajstić information content (AvgIpc) is 3.26. The van der Waals surface area contributed by atoms with Crippen molar-refractivity contribution in [2.75, 3.05) is 18.4 Å². The lowest BCUT2D eigenvalue weighted by atomic mass is 9.95. The Morgan fingerprint density at radius 2 is 1.76 bits per heavy atom. The predicted molar refractivity (Wildman–Crippen MR) is 115 cm³/mol. The van der Waals surface area contributed by atoms with Gasteiger partial charge in [-0.3, -0.25) is 9.59 Å². The van der Waals surface area contributed by atoms with Gasteiger partial charge in [-0.25, -0.2) is 14.1 Å². The van der Waals surface area contributed by atoms with Crippen molar-refractivity contribution >= 4 is 17.6 Å². The molecule has 2 aromatic heterocycles. The summed E-state index contributed by atoms with van der Waals surface area (Å²) in [4.78, 5) is 30.9. The van der Waals surface area contributed by atoms with Crippen molar-refractivity contribution in [2.24, 2.45) is 5.92 Å². The van der Waals surface area contributed by atoms with E-state index in [0.29, 0.717) is 10.5 Å². The van der Waals surface area contributed by atoms with Crippen molar-refractivity contribution in [3.8, 4) is 5.69 Å². The quantitative estimate of drug-likeness (QED) is 0.573. The molecule has 0 saturated carbocycles. The summed E-state index contributed by atoms with van der Waals surface area (Å²) in [5.41, 5.74) is -1.47. The van der Waals surface area contributed by atoms with Crippen LogP contribution in [0.3, 0.4) is 0 Å². The van der Waals surface area contributed by atoms with Gasteiger partial charge in [0.25, 0.3) is 5.91 Å². The third kappa shape index (κ3) is 4.78. The van der Waals surface area contributed by atoms with Crippen molar-refractivity contribution in [1.29, 1.82) is 0 Å². The van der Waals surface area contributed by atoms with Crippen LogP contribution < -0.4 is 5.32 Å². The third-order valence-electron chi connectivity index (χ3n) is 5.66. The number of alkyl halides is 3. The Morgan fingerprint density at radius 3 is 2.38 bits per heavy atom. The minimum Gasteiger partial charge on any atom is -0.338 e. The number of aryl methyl sites for hydroxylation is 1. The highest BCUT2D eigenvalue weighted by molar-refractivity contribution is 5.96. The van der Waals surface area contributed by atoms with E-state index in [1.54, 1.807) is 12.3 Å². The molecule has 7 nitrogen and oxygen atoms in total. The maximum absolute atomic E-state index is 14.1. The zero-order chi connectivity index (χ0) is 24.5. The van der Waals surface area contributed by atoms with Crippen molar-refractivity contribution < 1.29 is 27.2 Å². The second kappa shape index (κ2) is 9.24. The number of anilines is 1. The largest absolute Gasteiger partial charge is 0.434 e. The van der Waals surface area contributed by atoms with Gasteiger partial charge < -0.3 is 10.2 Å². The predicted octanol–water partition coefficient (Wildman–Crippen LogP) is 4.22. The van der Waals surface area contributed by atoms with Crippen LogP contribution in [0.25, 0.3) is 5.69 Å². The number of carbonyl (C=O) groups excluding carboxylic acids is 2. The first-order valence-corrected chi connectivity index (χ1v) is 10.6. The van der Waals surface area contributed by atoms with E-state index in [9.17, 15) is 27.2 Å². The van der Waals surface area contributed by atoms with Gasteiger partial charge in [-0.2, -0.15) is 18.3 Å². The van der Waals surface area contributed by atoms with Gasteiger partial charge in [-0.1, -0.05) is 18.2 Å². The van der Waals surface area contributed by atoms with E-state index in [1.165, 1.54) is 17.0 Å². The first-order valence-electron chi connectivity index (χ1n) is 10.6. The highest BCUT2D eigenvalue weighted by Gasteiger charge is 2.42. The van der Waals surface area contributed by atoms with Crippen LogP contribution in [0.1, 0.15) is 34.5 Å². The molecule has 4 rings (SSSR count). The lowest BCUT2D eigenvalue weighted by Gasteiger charge is -2.31. The number of hydrogen-bond acceptors (Lipinski definition) is 4. The molecule has 178 valence electrons. The van der Waals surface area contributed by atoms with Crippen LogP contribution in [0.5, 0.6) is 0 Å². The van der Waals surface area contributed by atoms with Gasteiger partial charge >= 0.3 is 6.18 Å². The van der Waals surface area contributed by atoms with Crippen LogP contribution in [0.4, 0.5) is 23.4 Å². The van der Waals surface area contributed by atoms with Gasteiger partial charge in [0.05, 0.1) is 11.8 Å². The average molecular weight is 475 g/mol. The minimum absolute atomic E-state index is 0.0976. The van der Waals surface area contributed by atoms with Crippen LogP contribution in [-0.4, -0.2) is 44.6 Å². The fourth-order valence-electron chi connectivity index (χ4n) is 3.87. The summed E-state index contributed by atoms with van der Waals surface area (Å²) in [5.74, 6) is -2.02.